The van der Waals surface area contributed by atoms with E-state index in [2.05, 4.69) is 47.2 Å². The van der Waals surface area contributed by atoms with Crippen LogP contribution in [0.25, 0.3) is 0 Å². The lowest BCUT2D eigenvalue weighted by molar-refractivity contribution is -0.0642. The van der Waals surface area contributed by atoms with E-state index in [1.165, 1.54) is 11.1 Å². The van der Waals surface area contributed by atoms with Gasteiger partial charge in [0.25, 0.3) is 0 Å². The topological polar surface area (TPSA) is 90.9 Å². The minimum atomic E-state index is -0.775. The van der Waals surface area contributed by atoms with Crippen molar-refractivity contribution < 1.29 is 10.2 Å². The van der Waals surface area contributed by atoms with Gasteiger partial charge in [-0.05, 0) is 88.0 Å². The van der Waals surface area contributed by atoms with Crippen molar-refractivity contribution in [2.24, 2.45) is 28.5 Å². The molecule has 5 nitrogen and oxygen atoms in total. The van der Waals surface area contributed by atoms with Crippen LogP contribution in [-0.2, 0) is 6.42 Å². The second-order valence-electron chi connectivity index (χ2n) is 9.97. The summed E-state index contributed by atoms with van der Waals surface area (Å²) < 4.78 is 0. The number of aryl methyl sites for hydroxylation is 1. The molecule has 2 aliphatic rings. The summed E-state index contributed by atoms with van der Waals surface area (Å²) >= 11 is 0. The second kappa shape index (κ2) is 10.2. The molecule has 0 amide bonds. The molecule has 5 atom stereocenters. The van der Waals surface area contributed by atoms with Crippen LogP contribution in [0.1, 0.15) is 63.9 Å². The fourth-order valence-electron chi connectivity index (χ4n) is 5.91. The molecule has 0 bridgehead atoms. The minimum Gasteiger partial charge on any atom is -0.390 e. The molecule has 2 saturated carbocycles. The van der Waals surface area contributed by atoms with E-state index in [-0.39, 0.29) is 11.8 Å². The highest BCUT2D eigenvalue weighted by atomic mass is 16.3. The first-order valence-electron chi connectivity index (χ1n) is 11.9. The molecule has 31 heavy (non-hydrogen) atoms. The normalized spacial score (nSPS) is 33.5. The Morgan fingerprint density at radius 3 is 2.65 bits per heavy atom. The number of hydrogen-bond donors (Lipinski definition) is 4. The fraction of sp³-hybridized carbons (Fsp3) is 0.654. The van der Waals surface area contributed by atoms with E-state index in [1.807, 2.05) is 6.92 Å². The molecule has 172 valence electrons. The van der Waals surface area contributed by atoms with Gasteiger partial charge >= 0.3 is 0 Å². The van der Waals surface area contributed by atoms with Crippen LogP contribution in [-0.4, -0.2) is 41.0 Å². The highest BCUT2D eigenvalue weighted by molar-refractivity contribution is 5.77. The van der Waals surface area contributed by atoms with Gasteiger partial charge in [0, 0.05) is 13.6 Å². The lowest BCUT2D eigenvalue weighted by atomic mass is 9.74. The number of nitrogens with one attached hydrogen (secondary N) is 1. The van der Waals surface area contributed by atoms with Crippen LogP contribution < -0.4 is 11.1 Å². The first kappa shape index (κ1) is 23.8. The summed E-state index contributed by atoms with van der Waals surface area (Å²) in [6.07, 6.45) is 8.03. The first-order chi connectivity index (χ1) is 14.7. The summed E-state index contributed by atoms with van der Waals surface area (Å²) in [5.74, 6) is 0.979. The molecule has 0 aromatic heterocycles. The van der Waals surface area contributed by atoms with Crippen LogP contribution in [0.3, 0.4) is 0 Å². The van der Waals surface area contributed by atoms with Crippen LogP contribution >= 0.6 is 0 Å². The van der Waals surface area contributed by atoms with Gasteiger partial charge in [0.05, 0.1) is 11.2 Å². The van der Waals surface area contributed by atoms with Gasteiger partial charge < -0.3 is 21.3 Å². The van der Waals surface area contributed by atoms with Crippen LogP contribution in [0.15, 0.2) is 47.5 Å². The predicted molar refractivity (Wildman–Crippen MR) is 128 cm³/mol. The Bertz CT molecular complexity index is 761. The molecule has 0 radical (unpaired) electrons. The number of aliphatic imine (C=N–C) groups is 1. The molecular formula is C26H41N3O2. The van der Waals surface area contributed by atoms with Gasteiger partial charge in [0.2, 0.25) is 0 Å². The van der Waals surface area contributed by atoms with Crippen LogP contribution in [0.2, 0.25) is 0 Å². The van der Waals surface area contributed by atoms with E-state index in [0.29, 0.717) is 24.8 Å². The smallest absolute Gasteiger partial charge is 0.188 e. The predicted octanol–water partition coefficient (Wildman–Crippen LogP) is 3.80. The molecule has 0 aliphatic heterocycles. The Kier molecular flexibility index (Phi) is 7.82. The summed E-state index contributed by atoms with van der Waals surface area (Å²) in [7, 11) is 1.65. The number of allylic oxidation sites excluding steroid dienone is 1. The van der Waals surface area contributed by atoms with Crippen LogP contribution in [0.5, 0.6) is 0 Å². The summed E-state index contributed by atoms with van der Waals surface area (Å²) in [5, 5.41) is 25.9. The number of guanidine groups is 1. The Labute approximate surface area is 187 Å². The van der Waals surface area contributed by atoms with Gasteiger partial charge in [0.15, 0.2) is 5.96 Å². The van der Waals surface area contributed by atoms with Crippen molar-refractivity contribution in [3.63, 3.8) is 0 Å². The Morgan fingerprint density at radius 2 is 1.94 bits per heavy atom. The number of fused-ring (bicyclic) bond motifs is 1. The van der Waals surface area contributed by atoms with Crippen molar-refractivity contribution >= 4 is 5.96 Å². The number of benzene rings is 1. The highest BCUT2D eigenvalue weighted by Crippen LogP contribution is 2.54. The van der Waals surface area contributed by atoms with Crippen molar-refractivity contribution in [3.05, 3.63) is 48.0 Å². The average molecular weight is 428 g/mol. The summed E-state index contributed by atoms with van der Waals surface area (Å²) in [6.45, 7) is 7.01. The van der Waals surface area contributed by atoms with Crippen LogP contribution in [0.4, 0.5) is 0 Å². The van der Waals surface area contributed by atoms with Gasteiger partial charge in [-0.15, -0.1) is 0 Å². The Morgan fingerprint density at radius 1 is 1.19 bits per heavy atom. The molecule has 0 saturated heterocycles. The monoisotopic (exact) mass is 427 g/mol. The SMILES string of the molecule is C=C(CCCc1ccccc1)[C@H]1CC[C@](C)(O)[C@H]2CC[C@@](O)(CCNC(N)=NC)[C@@H]2C1. The summed E-state index contributed by atoms with van der Waals surface area (Å²) in [6, 6.07) is 10.6. The summed E-state index contributed by atoms with van der Waals surface area (Å²) in [4.78, 5) is 3.93. The van der Waals surface area contributed by atoms with Gasteiger partial charge in [-0.2, -0.15) is 0 Å². The van der Waals surface area contributed by atoms with E-state index in [1.54, 1.807) is 7.05 Å². The second-order valence-corrected chi connectivity index (χ2v) is 9.97. The minimum absolute atomic E-state index is 0.0856. The standard InChI is InChI=1S/C26H41N3O2/c1-19(8-7-11-20-9-5-4-6-10-20)21-12-14-25(2,30)22-13-15-26(31,23(22)18-21)16-17-29-24(27)28-3/h4-6,9-10,21-23,30-31H,1,7-8,11-18H2,2-3H3,(H3,27,28,29)/t21-,22-,23+,25-,26+/m0/s1. The number of aliphatic hydroxyl groups is 2. The number of rotatable bonds is 8. The highest BCUT2D eigenvalue weighted by Gasteiger charge is 2.54. The zero-order chi connectivity index (χ0) is 22.5. The van der Waals surface area contributed by atoms with E-state index in [0.717, 1.165) is 51.4 Å². The van der Waals surface area contributed by atoms with E-state index < -0.39 is 11.2 Å². The number of nitrogens with zero attached hydrogens (tertiary/aromatic N) is 1. The molecule has 1 aromatic rings. The van der Waals surface area contributed by atoms with Crippen LogP contribution in [0, 0.1) is 17.8 Å². The lowest BCUT2D eigenvalue weighted by Crippen LogP contribution is -2.44. The fourth-order valence-corrected chi connectivity index (χ4v) is 5.91. The van der Waals surface area contributed by atoms with Crippen molar-refractivity contribution in [1.82, 2.24) is 5.32 Å². The van der Waals surface area contributed by atoms with Gasteiger partial charge in [0.1, 0.15) is 0 Å². The molecule has 1 aromatic carbocycles. The molecule has 5 heteroatoms. The van der Waals surface area contributed by atoms with Crippen molar-refractivity contribution in [1.29, 1.82) is 0 Å². The third-order valence-corrected chi connectivity index (χ3v) is 7.89. The molecule has 0 unspecified atom stereocenters. The number of nitrogens with two attached hydrogens (primary N) is 1. The first-order valence-corrected chi connectivity index (χ1v) is 11.9. The third-order valence-electron chi connectivity index (χ3n) is 7.89. The molecule has 0 heterocycles. The Hall–Kier alpha value is -1.85. The van der Waals surface area contributed by atoms with Gasteiger partial charge in [-0.1, -0.05) is 42.5 Å². The molecule has 0 spiro atoms. The quantitative estimate of drug-likeness (QED) is 0.289. The maximum absolute atomic E-state index is 11.6. The van der Waals surface area contributed by atoms with Crippen molar-refractivity contribution in [3.8, 4) is 0 Å². The zero-order valence-corrected chi connectivity index (χ0v) is 19.3. The Balaban J connectivity index is 1.63. The van der Waals surface area contributed by atoms with Gasteiger partial charge in [-0.3, -0.25) is 4.99 Å². The average Bonchev–Trinajstić information content (AvgIpc) is 3.00. The molecular weight excluding hydrogens is 386 g/mol. The van der Waals surface area contributed by atoms with Gasteiger partial charge in [-0.25, -0.2) is 0 Å². The van der Waals surface area contributed by atoms with E-state index in [4.69, 9.17) is 5.73 Å². The third kappa shape index (κ3) is 5.89. The largest absolute Gasteiger partial charge is 0.390 e. The number of hydrogen-bond acceptors (Lipinski definition) is 3. The van der Waals surface area contributed by atoms with E-state index >= 15 is 0 Å². The van der Waals surface area contributed by atoms with Crippen molar-refractivity contribution in [2.75, 3.05) is 13.6 Å². The lowest BCUT2D eigenvalue weighted by Gasteiger charge is -2.37. The molecule has 3 rings (SSSR count). The zero-order valence-electron chi connectivity index (χ0n) is 19.3. The maximum atomic E-state index is 11.6. The maximum Gasteiger partial charge on any atom is 0.188 e. The summed E-state index contributed by atoms with van der Waals surface area (Å²) in [5.41, 5.74) is 6.90. The molecule has 2 fully saturated rings. The molecule has 5 N–H and O–H groups in total. The molecule has 2 aliphatic carbocycles. The van der Waals surface area contributed by atoms with E-state index in [9.17, 15) is 10.2 Å². The van der Waals surface area contributed by atoms with Crippen molar-refractivity contribution in [2.45, 2.75) is 75.9 Å².